The molecule has 5 heteroatoms. The number of hydrogen-bond donors (Lipinski definition) is 0. The molecule has 0 spiro atoms. The largest absolute Gasteiger partial charge is 0.296 e. The molecule has 0 amide bonds. The molecule has 2 rings (SSSR count). The summed E-state index contributed by atoms with van der Waals surface area (Å²) < 4.78 is 1.02. The third kappa shape index (κ3) is 1.88. The Morgan fingerprint density at radius 1 is 1.36 bits per heavy atom. The molecule has 0 atom stereocenters. The van der Waals surface area contributed by atoms with E-state index in [9.17, 15) is 4.79 Å². The maximum Gasteiger partial charge on any atom is 0.170 e. The zero-order valence-corrected chi connectivity index (χ0v) is 9.38. The van der Waals surface area contributed by atoms with E-state index in [1.54, 1.807) is 12.3 Å². The van der Waals surface area contributed by atoms with Gasteiger partial charge in [-0.3, -0.25) is 4.79 Å². The molecule has 0 radical (unpaired) electrons. The third-order valence-electron chi connectivity index (χ3n) is 1.59. The van der Waals surface area contributed by atoms with Crippen LogP contribution in [0.4, 0.5) is 0 Å². The smallest absolute Gasteiger partial charge is 0.170 e. The second-order valence-corrected chi connectivity index (χ2v) is 4.99. The van der Waals surface area contributed by atoms with E-state index in [-0.39, 0.29) is 0 Å². The SMILES string of the molecule is O=Cc1ccnc(-c2ccc(Br)s2)n1. The van der Waals surface area contributed by atoms with Crippen molar-refractivity contribution in [2.45, 2.75) is 0 Å². The normalized spacial score (nSPS) is 10.1. The van der Waals surface area contributed by atoms with Crippen LogP contribution in [0.15, 0.2) is 28.2 Å². The Morgan fingerprint density at radius 2 is 2.21 bits per heavy atom. The van der Waals surface area contributed by atoms with Gasteiger partial charge >= 0.3 is 0 Å². The Kier molecular flexibility index (Phi) is 2.69. The first kappa shape index (κ1) is 9.48. The van der Waals surface area contributed by atoms with Crippen LogP contribution < -0.4 is 0 Å². The van der Waals surface area contributed by atoms with Gasteiger partial charge in [0.25, 0.3) is 0 Å². The molecule has 0 saturated carbocycles. The standard InChI is InChI=1S/C9H5BrN2OS/c10-8-2-1-7(14-8)9-11-4-3-6(5-13)12-9/h1-5H. The van der Waals surface area contributed by atoms with Gasteiger partial charge in [0.2, 0.25) is 0 Å². The summed E-state index contributed by atoms with van der Waals surface area (Å²) in [5, 5.41) is 0. The first-order chi connectivity index (χ1) is 6.79. The van der Waals surface area contributed by atoms with Crippen LogP contribution in [0.25, 0.3) is 10.7 Å². The Labute approximate surface area is 93.0 Å². The first-order valence-electron chi connectivity index (χ1n) is 3.83. The fraction of sp³-hybridized carbons (Fsp3) is 0. The molecule has 0 aromatic carbocycles. The highest BCUT2D eigenvalue weighted by molar-refractivity contribution is 9.11. The molecule has 2 aromatic rings. The fourth-order valence-corrected chi connectivity index (χ4v) is 2.32. The van der Waals surface area contributed by atoms with E-state index >= 15 is 0 Å². The predicted molar refractivity (Wildman–Crippen MR) is 58.4 cm³/mol. The van der Waals surface area contributed by atoms with Crippen molar-refractivity contribution in [3.8, 4) is 10.7 Å². The number of carbonyl (C=O) groups excluding carboxylic acids is 1. The average molecular weight is 269 g/mol. The number of hydrogen-bond acceptors (Lipinski definition) is 4. The minimum absolute atomic E-state index is 0.402. The number of rotatable bonds is 2. The molecule has 2 aromatic heterocycles. The molecule has 0 unspecified atom stereocenters. The van der Waals surface area contributed by atoms with Gasteiger partial charge in [-0.25, -0.2) is 9.97 Å². The van der Waals surface area contributed by atoms with Crippen molar-refractivity contribution in [1.82, 2.24) is 9.97 Å². The zero-order valence-electron chi connectivity index (χ0n) is 6.98. The van der Waals surface area contributed by atoms with Gasteiger partial charge in [0.1, 0.15) is 5.69 Å². The number of nitrogens with zero attached hydrogens (tertiary/aromatic N) is 2. The van der Waals surface area contributed by atoms with E-state index in [4.69, 9.17) is 0 Å². The summed E-state index contributed by atoms with van der Waals surface area (Å²) >= 11 is 4.89. The van der Waals surface area contributed by atoms with Gasteiger partial charge < -0.3 is 0 Å². The van der Waals surface area contributed by atoms with Crippen LogP contribution in [-0.2, 0) is 0 Å². The van der Waals surface area contributed by atoms with Crippen LogP contribution in [0, 0.1) is 0 Å². The second kappa shape index (κ2) is 3.98. The Hall–Kier alpha value is -1.07. The Morgan fingerprint density at radius 3 is 2.86 bits per heavy atom. The lowest BCUT2D eigenvalue weighted by Gasteiger charge is -1.94. The van der Waals surface area contributed by atoms with E-state index in [0.717, 1.165) is 8.66 Å². The number of halogens is 1. The van der Waals surface area contributed by atoms with E-state index in [2.05, 4.69) is 25.9 Å². The van der Waals surface area contributed by atoms with Gasteiger partial charge in [-0.1, -0.05) is 0 Å². The molecular weight excluding hydrogens is 264 g/mol. The molecule has 0 saturated heterocycles. The summed E-state index contributed by atoms with van der Waals surface area (Å²) in [5.41, 5.74) is 0.402. The number of carbonyl (C=O) groups is 1. The average Bonchev–Trinajstić information content (AvgIpc) is 2.65. The fourth-order valence-electron chi connectivity index (χ4n) is 0.991. The third-order valence-corrected chi connectivity index (χ3v) is 3.21. The van der Waals surface area contributed by atoms with Crippen molar-refractivity contribution in [3.63, 3.8) is 0 Å². The van der Waals surface area contributed by atoms with Gasteiger partial charge in [-0.05, 0) is 34.1 Å². The summed E-state index contributed by atoms with van der Waals surface area (Å²) in [5.74, 6) is 0.588. The van der Waals surface area contributed by atoms with Crippen molar-refractivity contribution in [2.24, 2.45) is 0 Å². The summed E-state index contributed by atoms with van der Waals surface area (Å²) in [6, 6.07) is 5.43. The van der Waals surface area contributed by atoms with Crippen LogP contribution in [0.2, 0.25) is 0 Å². The van der Waals surface area contributed by atoms with Gasteiger partial charge in [0.15, 0.2) is 12.1 Å². The van der Waals surface area contributed by atoms with Crippen LogP contribution in [0.3, 0.4) is 0 Å². The molecule has 0 aliphatic heterocycles. The highest BCUT2D eigenvalue weighted by Crippen LogP contribution is 2.28. The first-order valence-corrected chi connectivity index (χ1v) is 5.44. The number of thiophene rings is 1. The van der Waals surface area contributed by atoms with Gasteiger partial charge in [-0.15, -0.1) is 11.3 Å². The van der Waals surface area contributed by atoms with Gasteiger partial charge in [0.05, 0.1) is 8.66 Å². The number of aromatic nitrogens is 2. The van der Waals surface area contributed by atoms with E-state index < -0.39 is 0 Å². The lowest BCUT2D eigenvalue weighted by molar-refractivity contribution is 0.111. The monoisotopic (exact) mass is 268 g/mol. The van der Waals surface area contributed by atoms with Crippen molar-refractivity contribution in [2.75, 3.05) is 0 Å². The van der Waals surface area contributed by atoms with Crippen molar-refractivity contribution < 1.29 is 4.79 Å². The lowest BCUT2D eigenvalue weighted by Crippen LogP contribution is -1.91. The molecule has 0 fully saturated rings. The summed E-state index contributed by atoms with van der Waals surface area (Å²) in [6.45, 7) is 0. The molecule has 14 heavy (non-hydrogen) atoms. The molecule has 0 N–H and O–H groups in total. The maximum atomic E-state index is 10.5. The van der Waals surface area contributed by atoms with E-state index in [1.807, 2.05) is 12.1 Å². The molecule has 2 heterocycles. The van der Waals surface area contributed by atoms with Gasteiger partial charge in [0, 0.05) is 6.20 Å². The minimum Gasteiger partial charge on any atom is -0.296 e. The van der Waals surface area contributed by atoms with Crippen LogP contribution in [-0.4, -0.2) is 16.3 Å². The molecule has 70 valence electrons. The molecular formula is C9H5BrN2OS. The zero-order chi connectivity index (χ0) is 9.97. The second-order valence-electron chi connectivity index (χ2n) is 2.53. The molecule has 3 nitrogen and oxygen atoms in total. The Balaban J connectivity index is 2.46. The van der Waals surface area contributed by atoms with Crippen molar-refractivity contribution >= 4 is 33.6 Å². The van der Waals surface area contributed by atoms with E-state index in [0.29, 0.717) is 17.8 Å². The highest BCUT2D eigenvalue weighted by atomic mass is 79.9. The number of aldehydes is 1. The highest BCUT2D eigenvalue weighted by Gasteiger charge is 2.04. The molecule has 0 aliphatic carbocycles. The van der Waals surface area contributed by atoms with Gasteiger partial charge in [-0.2, -0.15) is 0 Å². The molecule has 0 aliphatic rings. The lowest BCUT2D eigenvalue weighted by atomic mass is 10.4. The Bertz CT molecular complexity index is 469. The molecule has 0 bridgehead atoms. The summed E-state index contributed by atoms with van der Waals surface area (Å²) in [6.07, 6.45) is 2.30. The minimum atomic E-state index is 0.402. The predicted octanol–water partition coefficient (Wildman–Crippen LogP) is 2.78. The van der Waals surface area contributed by atoms with E-state index in [1.165, 1.54) is 11.3 Å². The van der Waals surface area contributed by atoms with Crippen molar-refractivity contribution in [1.29, 1.82) is 0 Å². The topological polar surface area (TPSA) is 42.9 Å². The van der Waals surface area contributed by atoms with Crippen LogP contribution in [0.5, 0.6) is 0 Å². The van der Waals surface area contributed by atoms with Crippen LogP contribution >= 0.6 is 27.3 Å². The summed E-state index contributed by atoms with van der Waals surface area (Å²) in [4.78, 5) is 19.6. The quantitative estimate of drug-likeness (QED) is 0.787. The van der Waals surface area contributed by atoms with Crippen molar-refractivity contribution in [3.05, 3.63) is 33.9 Å². The summed E-state index contributed by atoms with van der Waals surface area (Å²) in [7, 11) is 0. The van der Waals surface area contributed by atoms with Crippen LogP contribution in [0.1, 0.15) is 10.5 Å². The maximum absolute atomic E-state index is 10.5.